The van der Waals surface area contributed by atoms with Crippen LogP contribution in [0.3, 0.4) is 0 Å². The molecule has 0 fully saturated rings. The summed E-state index contributed by atoms with van der Waals surface area (Å²) in [6, 6.07) is 18.9. The highest BCUT2D eigenvalue weighted by Gasteiger charge is 2.49. The molecule has 0 saturated carbocycles. The third-order valence-electron chi connectivity index (χ3n) is 6.44. The predicted molar refractivity (Wildman–Crippen MR) is 104 cm³/mol. The smallest absolute Gasteiger partial charge is 0.115 e. The lowest BCUT2D eigenvalue weighted by atomic mass is 9.71. The maximum Gasteiger partial charge on any atom is 0.115 e. The van der Waals surface area contributed by atoms with Crippen molar-refractivity contribution in [2.24, 2.45) is 5.41 Å². The van der Waals surface area contributed by atoms with Crippen molar-refractivity contribution in [2.45, 2.75) is 31.6 Å². The molecule has 27 heavy (non-hydrogen) atoms. The molecule has 0 aliphatic heterocycles. The standard InChI is InChI=1S/C24H22O3/c25-19-5-1-15(2-6-19)9-23-22-11-21(27)8-4-17(22)13-24(23)12-16-3-7-20(26)10-18(16)14-24/h1-8,10-11,23,25-27H,9,12-14H2/t23-,24-/m1/s1. The molecular weight excluding hydrogens is 336 g/mol. The van der Waals surface area contributed by atoms with Crippen molar-refractivity contribution in [3.8, 4) is 17.2 Å². The summed E-state index contributed by atoms with van der Waals surface area (Å²) in [7, 11) is 0. The molecule has 1 spiro atoms. The molecule has 136 valence electrons. The highest BCUT2D eigenvalue weighted by molar-refractivity contribution is 5.49. The molecule has 3 nitrogen and oxygen atoms in total. The van der Waals surface area contributed by atoms with Gasteiger partial charge in [0.15, 0.2) is 0 Å². The van der Waals surface area contributed by atoms with Gasteiger partial charge in [0.2, 0.25) is 0 Å². The van der Waals surface area contributed by atoms with Crippen LogP contribution in [-0.2, 0) is 25.7 Å². The van der Waals surface area contributed by atoms with E-state index in [1.165, 1.54) is 27.8 Å². The number of hydrogen-bond donors (Lipinski definition) is 3. The van der Waals surface area contributed by atoms with E-state index in [9.17, 15) is 15.3 Å². The fraction of sp³-hybridized carbons (Fsp3) is 0.250. The molecular formula is C24H22O3. The SMILES string of the molecule is Oc1ccc(C[C@@H]2c3cc(O)ccc3C[C@@]23Cc2ccc(O)cc2C3)cc1. The van der Waals surface area contributed by atoms with Crippen molar-refractivity contribution >= 4 is 0 Å². The van der Waals surface area contributed by atoms with Gasteiger partial charge in [-0.1, -0.05) is 24.3 Å². The van der Waals surface area contributed by atoms with Crippen LogP contribution in [0.25, 0.3) is 0 Å². The molecule has 0 unspecified atom stereocenters. The number of phenolic OH excluding ortho intramolecular Hbond substituents is 3. The minimum absolute atomic E-state index is 0.0736. The van der Waals surface area contributed by atoms with Crippen molar-refractivity contribution in [1.82, 2.24) is 0 Å². The molecule has 3 heteroatoms. The van der Waals surface area contributed by atoms with E-state index in [-0.39, 0.29) is 11.2 Å². The second kappa shape index (κ2) is 5.78. The Labute approximate surface area is 158 Å². The van der Waals surface area contributed by atoms with Crippen molar-refractivity contribution in [3.05, 3.63) is 88.5 Å². The lowest BCUT2D eigenvalue weighted by Gasteiger charge is -2.32. The number of phenols is 3. The first kappa shape index (κ1) is 16.2. The van der Waals surface area contributed by atoms with Gasteiger partial charge in [-0.2, -0.15) is 0 Å². The fourth-order valence-corrected chi connectivity index (χ4v) is 5.24. The van der Waals surface area contributed by atoms with E-state index in [1.807, 2.05) is 24.3 Å². The van der Waals surface area contributed by atoms with Gasteiger partial charge >= 0.3 is 0 Å². The highest BCUT2D eigenvalue weighted by Crippen LogP contribution is 2.56. The Morgan fingerprint density at radius 2 is 1.26 bits per heavy atom. The van der Waals surface area contributed by atoms with Crippen molar-refractivity contribution in [1.29, 1.82) is 0 Å². The van der Waals surface area contributed by atoms with E-state index in [2.05, 4.69) is 12.1 Å². The Hall–Kier alpha value is -2.94. The number of fused-ring (bicyclic) bond motifs is 2. The zero-order valence-electron chi connectivity index (χ0n) is 15.0. The van der Waals surface area contributed by atoms with Gasteiger partial charge in [0.1, 0.15) is 17.2 Å². The summed E-state index contributed by atoms with van der Waals surface area (Å²) >= 11 is 0. The van der Waals surface area contributed by atoms with E-state index in [4.69, 9.17) is 0 Å². The molecule has 0 bridgehead atoms. The lowest BCUT2D eigenvalue weighted by molar-refractivity contribution is 0.257. The van der Waals surface area contributed by atoms with Crippen LogP contribution in [0.15, 0.2) is 60.7 Å². The minimum atomic E-state index is 0.0736. The first-order valence-electron chi connectivity index (χ1n) is 9.43. The Balaban J connectivity index is 1.57. The summed E-state index contributed by atoms with van der Waals surface area (Å²) < 4.78 is 0. The number of hydrogen-bond acceptors (Lipinski definition) is 3. The van der Waals surface area contributed by atoms with Crippen LogP contribution >= 0.6 is 0 Å². The molecule has 0 amide bonds. The number of aromatic hydroxyl groups is 3. The monoisotopic (exact) mass is 358 g/mol. The summed E-state index contributed by atoms with van der Waals surface area (Å²) in [5.41, 5.74) is 6.37. The fourth-order valence-electron chi connectivity index (χ4n) is 5.24. The van der Waals surface area contributed by atoms with Crippen LogP contribution in [0, 0.1) is 5.41 Å². The molecule has 3 aromatic carbocycles. The van der Waals surface area contributed by atoms with Gasteiger partial charge in [-0.3, -0.25) is 0 Å². The number of rotatable bonds is 2. The van der Waals surface area contributed by atoms with Crippen molar-refractivity contribution in [3.63, 3.8) is 0 Å². The van der Waals surface area contributed by atoms with Gasteiger partial charge in [0.25, 0.3) is 0 Å². The second-order valence-electron chi connectivity index (χ2n) is 8.15. The second-order valence-corrected chi connectivity index (χ2v) is 8.15. The van der Waals surface area contributed by atoms with Gasteiger partial charge < -0.3 is 15.3 Å². The molecule has 2 aliphatic carbocycles. The first-order valence-corrected chi connectivity index (χ1v) is 9.43. The van der Waals surface area contributed by atoms with Crippen LogP contribution < -0.4 is 0 Å². The molecule has 0 saturated heterocycles. The molecule has 0 radical (unpaired) electrons. The zero-order chi connectivity index (χ0) is 18.6. The molecule has 2 atom stereocenters. The average molecular weight is 358 g/mol. The van der Waals surface area contributed by atoms with Gasteiger partial charge in [0.05, 0.1) is 0 Å². The summed E-state index contributed by atoms with van der Waals surface area (Å²) in [4.78, 5) is 0. The Bertz CT molecular complexity index is 1020. The van der Waals surface area contributed by atoms with Crippen LogP contribution in [0.2, 0.25) is 0 Å². The lowest BCUT2D eigenvalue weighted by Crippen LogP contribution is -2.28. The number of benzene rings is 3. The van der Waals surface area contributed by atoms with Crippen LogP contribution in [0.1, 0.15) is 33.7 Å². The minimum Gasteiger partial charge on any atom is -0.508 e. The summed E-state index contributed by atoms with van der Waals surface area (Å²) in [6.07, 6.45) is 3.78. The first-order chi connectivity index (χ1) is 13.0. The Morgan fingerprint density at radius 3 is 2.04 bits per heavy atom. The van der Waals surface area contributed by atoms with Crippen LogP contribution in [-0.4, -0.2) is 15.3 Å². The van der Waals surface area contributed by atoms with Crippen molar-refractivity contribution in [2.75, 3.05) is 0 Å². The Kier molecular flexibility index (Phi) is 3.48. The molecule has 2 aliphatic rings. The maximum absolute atomic E-state index is 10.1. The van der Waals surface area contributed by atoms with E-state index in [0.29, 0.717) is 17.4 Å². The third-order valence-corrected chi connectivity index (χ3v) is 6.44. The van der Waals surface area contributed by atoms with Gasteiger partial charge in [-0.05, 0) is 101 Å². The Morgan fingerprint density at radius 1 is 0.667 bits per heavy atom. The zero-order valence-corrected chi connectivity index (χ0v) is 15.0. The van der Waals surface area contributed by atoms with E-state index in [0.717, 1.165) is 25.7 Å². The molecule has 3 N–H and O–H groups in total. The summed E-state index contributed by atoms with van der Waals surface area (Å²) in [5, 5.41) is 29.6. The average Bonchev–Trinajstić information content (AvgIpc) is 3.14. The largest absolute Gasteiger partial charge is 0.508 e. The van der Waals surface area contributed by atoms with Crippen LogP contribution in [0.5, 0.6) is 17.2 Å². The van der Waals surface area contributed by atoms with E-state index in [1.54, 1.807) is 24.3 Å². The predicted octanol–water partition coefficient (Wildman–Crippen LogP) is 4.47. The third kappa shape index (κ3) is 2.66. The van der Waals surface area contributed by atoms with Crippen LogP contribution in [0.4, 0.5) is 0 Å². The molecule has 0 aromatic heterocycles. The van der Waals surface area contributed by atoms with Gasteiger partial charge in [0, 0.05) is 0 Å². The van der Waals surface area contributed by atoms with E-state index < -0.39 is 0 Å². The summed E-state index contributed by atoms with van der Waals surface area (Å²) in [6.45, 7) is 0. The van der Waals surface area contributed by atoms with E-state index >= 15 is 0 Å². The molecule has 3 aromatic rings. The summed E-state index contributed by atoms with van der Waals surface area (Å²) in [5.74, 6) is 1.21. The molecule has 0 heterocycles. The van der Waals surface area contributed by atoms with Gasteiger partial charge in [-0.25, -0.2) is 0 Å². The van der Waals surface area contributed by atoms with Crippen molar-refractivity contribution < 1.29 is 15.3 Å². The topological polar surface area (TPSA) is 60.7 Å². The maximum atomic E-state index is 10.1. The highest BCUT2D eigenvalue weighted by atomic mass is 16.3. The quantitative estimate of drug-likeness (QED) is 0.633. The normalized spacial score (nSPS) is 22.7. The van der Waals surface area contributed by atoms with Gasteiger partial charge in [-0.15, -0.1) is 0 Å². The molecule has 5 rings (SSSR count).